The van der Waals surface area contributed by atoms with Crippen LogP contribution in [0.5, 0.6) is 0 Å². The van der Waals surface area contributed by atoms with Crippen molar-refractivity contribution in [2.45, 2.75) is 6.18 Å². The van der Waals surface area contributed by atoms with Crippen molar-refractivity contribution in [3.63, 3.8) is 0 Å². The highest BCUT2D eigenvalue weighted by atomic mass is 32.1. The van der Waals surface area contributed by atoms with Gasteiger partial charge in [0.1, 0.15) is 6.61 Å². The van der Waals surface area contributed by atoms with Crippen molar-refractivity contribution in [2.75, 3.05) is 25.1 Å². The maximum atomic E-state index is 11.8. The quantitative estimate of drug-likeness (QED) is 0.824. The Morgan fingerprint density at radius 3 is 2.65 bits per heavy atom. The molecular formula is C13H13F3N2OS. The number of ether oxygens (including phenoxy) is 1. The standard InChI is InChI=1S/C13H13F3N2OS/c14-13(15,16)9-19-7-6-17-12-18-8-11(20-12)10-4-2-1-3-5-10/h1-5,8H,6-7,9H2,(H,17,18). The highest BCUT2D eigenvalue weighted by Crippen LogP contribution is 2.28. The first-order valence-electron chi connectivity index (χ1n) is 5.94. The van der Waals surface area contributed by atoms with E-state index < -0.39 is 12.8 Å². The number of hydrogen-bond donors (Lipinski definition) is 1. The molecule has 2 rings (SSSR count). The number of nitrogens with zero attached hydrogens (tertiary/aromatic N) is 1. The molecule has 0 saturated carbocycles. The molecule has 3 nitrogen and oxygen atoms in total. The van der Waals surface area contributed by atoms with Gasteiger partial charge in [0.25, 0.3) is 0 Å². The molecule has 0 saturated heterocycles. The molecule has 0 aliphatic heterocycles. The summed E-state index contributed by atoms with van der Waals surface area (Å²) in [6.45, 7) is -0.945. The van der Waals surface area contributed by atoms with Crippen molar-refractivity contribution >= 4 is 16.5 Å². The second-order valence-electron chi connectivity index (χ2n) is 3.99. The van der Waals surface area contributed by atoms with Gasteiger partial charge in [0.15, 0.2) is 5.13 Å². The zero-order valence-corrected chi connectivity index (χ0v) is 11.3. The first-order valence-corrected chi connectivity index (χ1v) is 6.76. The first-order chi connectivity index (χ1) is 9.54. The number of alkyl halides is 3. The average molecular weight is 302 g/mol. The Morgan fingerprint density at radius 2 is 1.95 bits per heavy atom. The van der Waals surface area contributed by atoms with Gasteiger partial charge in [-0.3, -0.25) is 0 Å². The van der Waals surface area contributed by atoms with Gasteiger partial charge < -0.3 is 10.1 Å². The summed E-state index contributed by atoms with van der Waals surface area (Å²) in [6.07, 6.45) is -2.54. The fraction of sp³-hybridized carbons (Fsp3) is 0.308. The second-order valence-corrected chi connectivity index (χ2v) is 5.02. The van der Waals surface area contributed by atoms with Crippen LogP contribution in [0.2, 0.25) is 0 Å². The fourth-order valence-electron chi connectivity index (χ4n) is 1.51. The molecule has 1 aromatic heterocycles. The molecule has 0 radical (unpaired) electrons. The Balaban J connectivity index is 1.76. The summed E-state index contributed by atoms with van der Waals surface area (Å²) >= 11 is 1.45. The van der Waals surface area contributed by atoms with Crippen LogP contribution in [0.1, 0.15) is 0 Å². The normalized spacial score (nSPS) is 11.6. The molecule has 0 aliphatic carbocycles. The molecule has 1 heterocycles. The van der Waals surface area contributed by atoms with Crippen molar-refractivity contribution in [3.8, 4) is 10.4 Å². The second kappa shape index (κ2) is 6.71. The number of aromatic nitrogens is 1. The molecule has 0 aliphatic rings. The molecule has 0 unspecified atom stereocenters. The number of thiazole rings is 1. The lowest BCUT2D eigenvalue weighted by Crippen LogP contribution is -2.20. The van der Waals surface area contributed by atoms with E-state index in [0.29, 0.717) is 5.13 Å². The Kier molecular flexibility index (Phi) is 4.97. The third-order valence-corrected chi connectivity index (χ3v) is 3.36. The van der Waals surface area contributed by atoms with Crippen molar-refractivity contribution in [1.29, 1.82) is 0 Å². The highest BCUT2D eigenvalue weighted by molar-refractivity contribution is 7.18. The van der Waals surface area contributed by atoms with Gasteiger partial charge >= 0.3 is 6.18 Å². The molecule has 2 aromatic rings. The number of benzene rings is 1. The summed E-state index contributed by atoms with van der Waals surface area (Å²) in [5, 5.41) is 3.60. The van der Waals surface area contributed by atoms with Crippen LogP contribution in [0.25, 0.3) is 10.4 Å². The van der Waals surface area contributed by atoms with E-state index in [4.69, 9.17) is 0 Å². The predicted molar refractivity (Wildman–Crippen MR) is 72.9 cm³/mol. The maximum Gasteiger partial charge on any atom is 0.411 e. The Labute approximate surface area is 118 Å². The number of rotatable bonds is 6. The number of nitrogens with one attached hydrogen (secondary N) is 1. The van der Waals surface area contributed by atoms with Crippen LogP contribution in [0.15, 0.2) is 36.5 Å². The summed E-state index contributed by atoms with van der Waals surface area (Å²) in [5.41, 5.74) is 1.06. The zero-order valence-electron chi connectivity index (χ0n) is 10.5. The van der Waals surface area contributed by atoms with Gasteiger partial charge in [-0.05, 0) is 5.56 Å². The Hall–Kier alpha value is -1.60. The van der Waals surface area contributed by atoms with Crippen LogP contribution in [0.3, 0.4) is 0 Å². The van der Waals surface area contributed by atoms with Gasteiger partial charge in [-0.25, -0.2) is 4.98 Å². The van der Waals surface area contributed by atoms with Gasteiger partial charge in [0, 0.05) is 12.7 Å². The fourth-order valence-corrected chi connectivity index (χ4v) is 2.36. The van der Waals surface area contributed by atoms with Gasteiger partial charge in [-0.2, -0.15) is 13.2 Å². The van der Waals surface area contributed by atoms with E-state index in [0.717, 1.165) is 10.4 Å². The molecule has 20 heavy (non-hydrogen) atoms. The lowest BCUT2D eigenvalue weighted by atomic mass is 10.2. The van der Waals surface area contributed by atoms with E-state index in [9.17, 15) is 13.2 Å². The molecule has 7 heteroatoms. The molecule has 0 fully saturated rings. The van der Waals surface area contributed by atoms with E-state index >= 15 is 0 Å². The summed E-state index contributed by atoms with van der Waals surface area (Å²) in [6, 6.07) is 9.76. The van der Waals surface area contributed by atoms with Crippen LogP contribution < -0.4 is 5.32 Å². The van der Waals surface area contributed by atoms with Gasteiger partial charge in [0.2, 0.25) is 0 Å². The molecule has 0 spiro atoms. The Bertz CT molecular complexity index is 528. The molecule has 1 aromatic carbocycles. The number of anilines is 1. The van der Waals surface area contributed by atoms with E-state index in [1.807, 2.05) is 30.3 Å². The number of hydrogen-bond acceptors (Lipinski definition) is 4. The van der Waals surface area contributed by atoms with Crippen LogP contribution in [-0.2, 0) is 4.74 Å². The van der Waals surface area contributed by atoms with Crippen molar-refractivity contribution in [1.82, 2.24) is 4.98 Å². The molecule has 108 valence electrons. The third-order valence-electron chi connectivity index (χ3n) is 2.35. The summed E-state index contributed by atoms with van der Waals surface area (Å²) in [5.74, 6) is 0. The van der Waals surface area contributed by atoms with E-state index in [1.165, 1.54) is 11.3 Å². The lowest BCUT2D eigenvalue weighted by Gasteiger charge is -2.07. The lowest BCUT2D eigenvalue weighted by molar-refractivity contribution is -0.172. The van der Waals surface area contributed by atoms with Gasteiger partial charge in [-0.1, -0.05) is 41.7 Å². The van der Waals surface area contributed by atoms with Gasteiger partial charge in [0.05, 0.1) is 11.5 Å². The smallest absolute Gasteiger partial charge is 0.370 e. The predicted octanol–water partition coefficient (Wildman–Crippen LogP) is 3.80. The molecule has 0 bridgehead atoms. The largest absolute Gasteiger partial charge is 0.411 e. The zero-order chi connectivity index (χ0) is 14.4. The van der Waals surface area contributed by atoms with Crippen molar-refractivity contribution in [2.24, 2.45) is 0 Å². The minimum Gasteiger partial charge on any atom is -0.370 e. The first kappa shape index (κ1) is 14.8. The Morgan fingerprint density at radius 1 is 1.20 bits per heavy atom. The molecular weight excluding hydrogens is 289 g/mol. The van der Waals surface area contributed by atoms with Crippen LogP contribution in [-0.4, -0.2) is 30.9 Å². The monoisotopic (exact) mass is 302 g/mol. The third kappa shape index (κ3) is 4.82. The minimum absolute atomic E-state index is 0.0141. The van der Waals surface area contributed by atoms with Crippen LogP contribution in [0.4, 0.5) is 18.3 Å². The van der Waals surface area contributed by atoms with Crippen molar-refractivity contribution < 1.29 is 17.9 Å². The minimum atomic E-state index is -4.28. The van der Waals surface area contributed by atoms with E-state index in [1.54, 1.807) is 6.20 Å². The van der Waals surface area contributed by atoms with Crippen LogP contribution >= 0.6 is 11.3 Å². The van der Waals surface area contributed by atoms with E-state index in [2.05, 4.69) is 15.0 Å². The van der Waals surface area contributed by atoms with Crippen LogP contribution in [0, 0.1) is 0 Å². The van der Waals surface area contributed by atoms with Gasteiger partial charge in [-0.15, -0.1) is 0 Å². The summed E-state index contributed by atoms with van der Waals surface area (Å²) in [7, 11) is 0. The summed E-state index contributed by atoms with van der Waals surface area (Å²) in [4.78, 5) is 5.17. The highest BCUT2D eigenvalue weighted by Gasteiger charge is 2.27. The number of halogens is 3. The average Bonchev–Trinajstić information content (AvgIpc) is 2.87. The topological polar surface area (TPSA) is 34.1 Å². The van der Waals surface area contributed by atoms with Crippen molar-refractivity contribution in [3.05, 3.63) is 36.5 Å². The maximum absolute atomic E-state index is 11.8. The molecule has 1 N–H and O–H groups in total. The molecule has 0 atom stereocenters. The SMILES string of the molecule is FC(F)(F)COCCNc1ncc(-c2ccccc2)s1. The molecule has 0 amide bonds. The van der Waals surface area contributed by atoms with E-state index in [-0.39, 0.29) is 13.2 Å². The summed E-state index contributed by atoms with van der Waals surface area (Å²) < 4.78 is 40.0.